The molecule has 0 bridgehead atoms. The second-order valence-corrected chi connectivity index (χ2v) is 7.24. The van der Waals surface area contributed by atoms with E-state index in [0.717, 1.165) is 51.1 Å². The molecule has 0 unspecified atom stereocenters. The summed E-state index contributed by atoms with van der Waals surface area (Å²) in [5.41, 5.74) is 1.32. The molecule has 4 nitrogen and oxygen atoms in total. The summed E-state index contributed by atoms with van der Waals surface area (Å²) in [5, 5.41) is 3.31. The molecule has 1 N–H and O–H groups in total. The highest BCUT2D eigenvalue weighted by Crippen LogP contribution is 2.24. The monoisotopic (exact) mass is 330 g/mol. The molecule has 1 saturated heterocycles. The van der Waals surface area contributed by atoms with Gasteiger partial charge in [-0.2, -0.15) is 0 Å². The Hall–Kier alpha value is -1.55. The third-order valence-electron chi connectivity index (χ3n) is 5.48. The van der Waals surface area contributed by atoms with E-state index < -0.39 is 0 Å². The van der Waals surface area contributed by atoms with Gasteiger partial charge in [0.15, 0.2) is 0 Å². The molecule has 1 amide bonds. The minimum Gasteiger partial charge on any atom is -0.497 e. The Morgan fingerprint density at radius 1 is 1.08 bits per heavy atom. The third-order valence-corrected chi connectivity index (χ3v) is 5.48. The number of carbonyl (C=O) groups excluding carboxylic acids is 1. The van der Waals surface area contributed by atoms with Crippen molar-refractivity contribution >= 4 is 5.91 Å². The minimum absolute atomic E-state index is 0.274. The topological polar surface area (TPSA) is 41.6 Å². The maximum absolute atomic E-state index is 12.4. The minimum atomic E-state index is 0.274. The molecule has 1 aliphatic heterocycles. The summed E-state index contributed by atoms with van der Waals surface area (Å²) >= 11 is 0. The highest BCUT2D eigenvalue weighted by molar-refractivity contribution is 5.79. The molecule has 1 aromatic rings. The van der Waals surface area contributed by atoms with E-state index in [2.05, 4.69) is 22.3 Å². The van der Waals surface area contributed by atoms with Crippen LogP contribution in [0.5, 0.6) is 5.75 Å². The lowest BCUT2D eigenvalue weighted by Crippen LogP contribution is -2.46. The van der Waals surface area contributed by atoms with Gasteiger partial charge in [0.25, 0.3) is 0 Å². The average molecular weight is 330 g/mol. The number of benzene rings is 1. The predicted octanol–water partition coefficient (Wildman–Crippen LogP) is 3.36. The van der Waals surface area contributed by atoms with Crippen LogP contribution in [0.25, 0.3) is 0 Å². The van der Waals surface area contributed by atoms with Crippen molar-refractivity contribution in [1.29, 1.82) is 0 Å². The molecule has 1 saturated carbocycles. The molecule has 0 radical (unpaired) electrons. The van der Waals surface area contributed by atoms with Gasteiger partial charge in [-0.1, -0.05) is 31.4 Å². The zero-order valence-corrected chi connectivity index (χ0v) is 14.8. The fraction of sp³-hybridized carbons (Fsp3) is 0.650. The average Bonchev–Trinajstić information content (AvgIpc) is 2.65. The summed E-state index contributed by atoms with van der Waals surface area (Å²) in [6.07, 6.45) is 8.04. The summed E-state index contributed by atoms with van der Waals surface area (Å²) in [5.74, 6) is 1.49. The van der Waals surface area contributed by atoms with Gasteiger partial charge >= 0.3 is 0 Å². The van der Waals surface area contributed by atoms with Gasteiger partial charge in [-0.15, -0.1) is 0 Å². The van der Waals surface area contributed by atoms with Crippen molar-refractivity contribution < 1.29 is 9.53 Å². The number of nitrogens with one attached hydrogen (secondary N) is 1. The molecule has 3 rings (SSSR count). The van der Waals surface area contributed by atoms with Crippen LogP contribution in [-0.2, 0) is 11.3 Å². The molecule has 24 heavy (non-hydrogen) atoms. The van der Waals surface area contributed by atoms with Gasteiger partial charge in [-0.3, -0.25) is 9.69 Å². The van der Waals surface area contributed by atoms with Crippen LogP contribution < -0.4 is 10.1 Å². The van der Waals surface area contributed by atoms with Crippen molar-refractivity contribution in [3.63, 3.8) is 0 Å². The Balaban J connectivity index is 1.41. The molecular weight excluding hydrogens is 300 g/mol. The van der Waals surface area contributed by atoms with Gasteiger partial charge in [0.1, 0.15) is 5.75 Å². The van der Waals surface area contributed by atoms with Crippen LogP contribution in [0.3, 0.4) is 0 Å². The molecule has 1 heterocycles. The van der Waals surface area contributed by atoms with Gasteiger partial charge in [0.05, 0.1) is 7.11 Å². The normalized spacial score (nSPS) is 20.7. The Labute approximate surface area is 145 Å². The molecular formula is C20H30N2O2. The number of hydrogen-bond donors (Lipinski definition) is 1. The van der Waals surface area contributed by atoms with Gasteiger partial charge in [-0.05, 0) is 43.4 Å². The van der Waals surface area contributed by atoms with E-state index in [9.17, 15) is 4.79 Å². The number of likely N-dealkylation sites (tertiary alicyclic amines) is 1. The Bertz CT molecular complexity index is 515. The van der Waals surface area contributed by atoms with Crippen molar-refractivity contribution in [2.75, 3.05) is 20.2 Å². The number of nitrogens with zero attached hydrogens (tertiary/aromatic N) is 1. The third kappa shape index (κ3) is 4.73. The molecule has 132 valence electrons. The first kappa shape index (κ1) is 17.3. The van der Waals surface area contributed by atoms with Crippen molar-refractivity contribution in [1.82, 2.24) is 10.2 Å². The fourth-order valence-electron chi connectivity index (χ4n) is 3.91. The Morgan fingerprint density at radius 2 is 1.75 bits per heavy atom. The van der Waals surface area contributed by atoms with Crippen LogP contribution >= 0.6 is 0 Å². The second kappa shape index (κ2) is 8.52. The van der Waals surface area contributed by atoms with Crippen LogP contribution in [0, 0.1) is 5.92 Å². The van der Waals surface area contributed by atoms with E-state index in [1.165, 1.54) is 24.8 Å². The van der Waals surface area contributed by atoms with E-state index in [1.54, 1.807) is 7.11 Å². The summed E-state index contributed by atoms with van der Waals surface area (Å²) in [6, 6.07) is 8.68. The standard InChI is InChI=1S/C20H30N2O2/c1-24-19-9-7-16(8-10-19)15-22-13-11-18(12-14-22)21-20(23)17-5-3-2-4-6-17/h7-10,17-18H,2-6,11-15H2,1H3,(H,21,23). The summed E-state index contributed by atoms with van der Waals surface area (Å²) in [4.78, 5) is 14.8. The Kier molecular flexibility index (Phi) is 6.13. The number of methoxy groups -OCH3 is 1. The number of rotatable bonds is 5. The largest absolute Gasteiger partial charge is 0.497 e. The van der Waals surface area contributed by atoms with E-state index >= 15 is 0 Å². The molecule has 0 spiro atoms. The number of carbonyl (C=O) groups is 1. The second-order valence-electron chi connectivity index (χ2n) is 7.24. The molecule has 2 fully saturated rings. The quantitative estimate of drug-likeness (QED) is 0.900. The first-order chi connectivity index (χ1) is 11.7. The number of ether oxygens (including phenoxy) is 1. The summed E-state index contributed by atoms with van der Waals surface area (Å²) < 4.78 is 5.21. The van der Waals surface area contributed by atoms with Crippen LogP contribution in [0.1, 0.15) is 50.5 Å². The molecule has 0 aromatic heterocycles. The molecule has 0 atom stereocenters. The van der Waals surface area contributed by atoms with E-state index in [4.69, 9.17) is 4.74 Å². The first-order valence-electron chi connectivity index (χ1n) is 9.40. The van der Waals surface area contributed by atoms with Gasteiger partial charge in [0, 0.05) is 31.6 Å². The SMILES string of the molecule is COc1ccc(CN2CCC(NC(=O)C3CCCCC3)CC2)cc1. The predicted molar refractivity (Wildman–Crippen MR) is 96.0 cm³/mol. The van der Waals surface area contributed by atoms with Crippen molar-refractivity contribution in [2.24, 2.45) is 5.92 Å². The zero-order chi connectivity index (χ0) is 16.8. The summed E-state index contributed by atoms with van der Waals surface area (Å²) in [7, 11) is 1.70. The molecule has 1 aromatic carbocycles. The lowest BCUT2D eigenvalue weighted by molar-refractivity contribution is -0.127. The smallest absolute Gasteiger partial charge is 0.223 e. The van der Waals surface area contributed by atoms with E-state index in [-0.39, 0.29) is 5.92 Å². The number of hydrogen-bond acceptors (Lipinski definition) is 3. The van der Waals surface area contributed by atoms with Crippen LogP contribution in [0.4, 0.5) is 0 Å². The van der Waals surface area contributed by atoms with Gasteiger partial charge in [0.2, 0.25) is 5.91 Å². The van der Waals surface area contributed by atoms with Crippen LogP contribution in [0.2, 0.25) is 0 Å². The van der Waals surface area contributed by atoms with Crippen LogP contribution in [-0.4, -0.2) is 37.0 Å². The van der Waals surface area contributed by atoms with Crippen molar-refractivity contribution in [2.45, 2.75) is 57.5 Å². The molecule has 1 aliphatic carbocycles. The Morgan fingerprint density at radius 3 is 2.38 bits per heavy atom. The number of piperidine rings is 1. The zero-order valence-electron chi connectivity index (χ0n) is 14.8. The first-order valence-corrected chi connectivity index (χ1v) is 9.40. The van der Waals surface area contributed by atoms with E-state index in [1.807, 2.05) is 12.1 Å². The summed E-state index contributed by atoms with van der Waals surface area (Å²) in [6.45, 7) is 3.09. The van der Waals surface area contributed by atoms with E-state index in [0.29, 0.717) is 11.9 Å². The van der Waals surface area contributed by atoms with Crippen LogP contribution in [0.15, 0.2) is 24.3 Å². The van der Waals surface area contributed by atoms with Gasteiger partial charge < -0.3 is 10.1 Å². The lowest BCUT2D eigenvalue weighted by atomic mass is 9.88. The maximum atomic E-state index is 12.4. The molecule has 2 aliphatic rings. The number of amides is 1. The highest BCUT2D eigenvalue weighted by Gasteiger charge is 2.25. The molecule has 4 heteroatoms. The highest BCUT2D eigenvalue weighted by atomic mass is 16.5. The lowest BCUT2D eigenvalue weighted by Gasteiger charge is -2.33. The fourth-order valence-corrected chi connectivity index (χ4v) is 3.91. The van der Waals surface area contributed by atoms with Gasteiger partial charge in [-0.25, -0.2) is 0 Å². The van der Waals surface area contributed by atoms with Crippen molar-refractivity contribution in [3.8, 4) is 5.75 Å². The van der Waals surface area contributed by atoms with Crippen molar-refractivity contribution in [3.05, 3.63) is 29.8 Å². The maximum Gasteiger partial charge on any atom is 0.223 e.